The van der Waals surface area contributed by atoms with E-state index in [4.69, 9.17) is 5.73 Å². The summed E-state index contributed by atoms with van der Waals surface area (Å²) in [5, 5.41) is 0. The zero-order valence-electron chi connectivity index (χ0n) is 11.1. The molecule has 1 aliphatic carbocycles. The van der Waals surface area contributed by atoms with Gasteiger partial charge in [0.05, 0.1) is 0 Å². The van der Waals surface area contributed by atoms with Gasteiger partial charge in [0.1, 0.15) is 0 Å². The maximum Gasteiger partial charge on any atom is -0.00772 e. The first kappa shape index (κ1) is 14.0. The number of nitrogens with two attached hydrogens (primary N) is 1. The molecule has 2 N–H and O–H groups in total. The van der Waals surface area contributed by atoms with Crippen LogP contribution in [0.1, 0.15) is 83.5 Å². The monoisotopic (exact) mass is 225 g/mol. The van der Waals surface area contributed by atoms with Crippen molar-refractivity contribution in [3.8, 4) is 0 Å². The summed E-state index contributed by atoms with van der Waals surface area (Å²) >= 11 is 0. The average Bonchev–Trinajstić information content (AvgIpc) is 2.28. The third-order valence-corrected chi connectivity index (χ3v) is 4.04. The predicted octanol–water partition coefficient (Wildman–Crippen LogP) is 4.65. The number of rotatable bonds is 3. The minimum absolute atomic E-state index is 0.885. The molecule has 1 aliphatic rings. The fraction of sp³-hybridized carbons (Fsp3) is 1.00. The first-order chi connectivity index (χ1) is 7.93. The summed E-state index contributed by atoms with van der Waals surface area (Å²) in [4.78, 5) is 0. The van der Waals surface area contributed by atoms with Crippen molar-refractivity contribution >= 4 is 0 Å². The second kappa shape index (κ2) is 10.1. The Balaban J connectivity index is 2.19. The van der Waals surface area contributed by atoms with Gasteiger partial charge in [0.2, 0.25) is 0 Å². The Kier molecular flexibility index (Phi) is 8.88. The van der Waals surface area contributed by atoms with Crippen LogP contribution < -0.4 is 5.73 Å². The van der Waals surface area contributed by atoms with Crippen molar-refractivity contribution in [2.45, 2.75) is 83.5 Å². The van der Waals surface area contributed by atoms with Crippen LogP contribution in [-0.2, 0) is 0 Å². The molecule has 1 heteroatoms. The van der Waals surface area contributed by atoms with Crippen molar-refractivity contribution in [2.24, 2.45) is 11.7 Å². The second-order valence-electron chi connectivity index (χ2n) is 5.56. The molecule has 1 nitrogen and oxygen atoms in total. The molecule has 96 valence electrons. The summed E-state index contributed by atoms with van der Waals surface area (Å²) in [5.41, 5.74) is 5.62. The molecule has 0 spiro atoms. The molecule has 0 radical (unpaired) electrons. The van der Waals surface area contributed by atoms with Crippen LogP contribution in [0.25, 0.3) is 0 Å². The highest BCUT2D eigenvalue weighted by molar-refractivity contribution is 4.62. The van der Waals surface area contributed by atoms with E-state index < -0.39 is 0 Å². The highest BCUT2D eigenvalue weighted by atomic mass is 14.5. The molecule has 1 fully saturated rings. The van der Waals surface area contributed by atoms with Crippen molar-refractivity contribution in [1.29, 1.82) is 0 Å². The number of hydrogen-bond donors (Lipinski definition) is 1. The van der Waals surface area contributed by atoms with Gasteiger partial charge in [-0.15, -0.1) is 0 Å². The molecule has 0 aromatic heterocycles. The molecule has 1 saturated carbocycles. The van der Waals surface area contributed by atoms with Crippen molar-refractivity contribution < 1.29 is 0 Å². The van der Waals surface area contributed by atoms with E-state index in [1.165, 1.54) is 83.5 Å². The Morgan fingerprint density at radius 2 is 1.12 bits per heavy atom. The highest BCUT2D eigenvalue weighted by Gasteiger charge is 2.08. The van der Waals surface area contributed by atoms with Gasteiger partial charge >= 0.3 is 0 Å². The molecule has 0 bridgehead atoms. The van der Waals surface area contributed by atoms with E-state index in [0.29, 0.717) is 0 Å². The SMILES string of the molecule is NCCCC1CCCCCCCCCCC1. The van der Waals surface area contributed by atoms with Gasteiger partial charge in [0, 0.05) is 0 Å². The molecule has 0 heterocycles. The van der Waals surface area contributed by atoms with Crippen molar-refractivity contribution in [3.05, 3.63) is 0 Å². The molecule has 0 aromatic rings. The summed E-state index contributed by atoms with van der Waals surface area (Å²) in [6.45, 7) is 0.885. The van der Waals surface area contributed by atoms with Gasteiger partial charge in [0.15, 0.2) is 0 Å². The molecule has 1 rings (SSSR count). The molecular formula is C15H31N. The Labute approximate surface area is 102 Å². The Morgan fingerprint density at radius 3 is 1.56 bits per heavy atom. The Bertz CT molecular complexity index is 132. The molecule has 16 heavy (non-hydrogen) atoms. The topological polar surface area (TPSA) is 26.0 Å². The standard InChI is InChI=1S/C15H31N/c16-14-10-13-15-11-8-6-4-2-1-3-5-7-9-12-15/h15H,1-14,16H2. The molecular weight excluding hydrogens is 194 g/mol. The molecule has 0 saturated heterocycles. The maximum atomic E-state index is 5.62. The van der Waals surface area contributed by atoms with Crippen molar-refractivity contribution in [3.63, 3.8) is 0 Å². The molecule has 0 atom stereocenters. The summed E-state index contributed by atoms with van der Waals surface area (Å²) in [5.74, 6) is 0.989. The van der Waals surface area contributed by atoms with Crippen LogP contribution in [0.4, 0.5) is 0 Å². The van der Waals surface area contributed by atoms with E-state index in [0.717, 1.165) is 12.5 Å². The van der Waals surface area contributed by atoms with Crippen LogP contribution in [0.2, 0.25) is 0 Å². The summed E-state index contributed by atoms with van der Waals surface area (Å²) in [6.07, 6.45) is 18.8. The van der Waals surface area contributed by atoms with E-state index >= 15 is 0 Å². The molecule has 0 aromatic carbocycles. The van der Waals surface area contributed by atoms with Crippen LogP contribution >= 0.6 is 0 Å². The fourth-order valence-electron chi connectivity index (χ4n) is 2.94. The van der Waals surface area contributed by atoms with Crippen LogP contribution in [-0.4, -0.2) is 6.54 Å². The van der Waals surface area contributed by atoms with Gasteiger partial charge in [-0.1, -0.05) is 70.6 Å². The minimum atomic E-state index is 0.885. The van der Waals surface area contributed by atoms with E-state index in [2.05, 4.69) is 0 Å². The molecule has 0 amide bonds. The lowest BCUT2D eigenvalue weighted by Crippen LogP contribution is -2.06. The van der Waals surface area contributed by atoms with Gasteiger partial charge in [-0.2, -0.15) is 0 Å². The lowest BCUT2D eigenvalue weighted by molar-refractivity contribution is 0.368. The maximum absolute atomic E-state index is 5.62. The first-order valence-corrected chi connectivity index (χ1v) is 7.63. The third kappa shape index (κ3) is 7.27. The van der Waals surface area contributed by atoms with E-state index in [1.54, 1.807) is 0 Å². The first-order valence-electron chi connectivity index (χ1n) is 7.63. The van der Waals surface area contributed by atoms with Crippen LogP contribution in [0.15, 0.2) is 0 Å². The Morgan fingerprint density at radius 1 is 0.688 bits per heavy atom. The summed E-state index contributed by atoms with van der Waals surface area (Å²) in [7, 11) is 0. The van der Waals surface area contributed by atoms with Crippen LogP contribution in [0.5, 0.6) is 0 Å². The summed E-state index contributed by atoms with van der Waals surface area (Å²) in [6, 6.07) is 0. The van der Waals surface area contributed by atoms with E-state index in [-0.39, 0.29) is 0 Å². The highest BCUT2D eigenvalue weighted by Crippen LogP contribution is 2.24. The number of hydrogen-bond acceptors (Lipinski definition) is 1. The largest absolute Gasteiger partial charge is 0.330 e. The van der Waals surface area contributed by atoms with Gasteiger partial charge in [-0.25, -0.2) is 0 Å². The zero-order valence-corrected chi connectivity index (χ0v) is 11.1. The van der Waals surface area contributed by atoms with Crippen LogP contribution in [0, 0.1) is 5.92 Å². The quantitative estimate of drug-likeness (QED) is 0.743. The fourth-order valence-corrected chi connectivity index (χ4v) is 2.94. The van der Waals surface area contributed by atoms with Gasteiger partial charge in [-0.05, 0) is 25.3 Å². The average molecular weight is 225 g/mol. The van der Waals surface area contributed by atoms with Crippen molar-refractivity contribution in [1.82, 2.24) is 0 Å². The molecule has 0 unspecified atom stereocenters. The second-order valence-corrected chi connectivity index (χ2v) is 5.56. The van der Waals surface area contributed by atoms with Gasteiger partial charge in [-0.3, -0.25) is 0 Å². The summed E-state index contributed by atoms with van der Waals surface area (Å²) < 4.78 is 0. The normalized spacial score (nSPS) is 22.3. The third-order valence-electron chi connectivity index (χ3n) is 4.04. The zero-order chi connectivity index (χ0) is 11.5. The van der Waals surface area contributed by atoms with E-state index in [1.807, 2.05) is 0 Å². The lowest BCUT2D eigenvalue weighted by Gasteiger charge is -2.17. The minimum Gasteiger partial charge on any atom is -0.330 e. The predicted molar refractivity (Wildman–Crippen MR) is 72.6 cm³/mol. The molecule has 0 aliphatic heterocycles. The van der Waals surface area contributed by atoms with E-state index in [9.17, 15) is 0 Å². The lowest BCUT2D eigenvalue weighted by atomic mass is 9.89. The van der Waals surface area contributed by atoms with Crippen molar-refractivity contribution in [2.75, 3.05) is 6.54 Å². The van der Waals surface area contributed by atoms with Crippen LogP contribution in [0.3, 0.4) is 0 Å². The van der Waals surface area contributed by atoms with Gasteiger partial charge < -0.3 is 5.73 Å². The Hall–Kier alpha value is -0.0400. The van der Waals surface area contributed by atoms with Gasteiger partial charge in [0.25, 0.3) is 0 Å². The smallest absolute Gasteiger partial charge is 0.00772 e.